The van der Waals surface area contributed by atoms with Crippen molar-refractivity contribution >= 4 is 5.97 Å². The number of nitrogens with zero attached hydrogens (tertiary/aromatic N) is 2. The molecule has 94 valence electrons. The quantitative estimate of drug-likeness (QED) is 0.737. The second-order valence-corrected chi connectivity index (χ2v) is 4.32. The molecular weight excluding hydrogens is 216 g/mol. The van der Waals surface area contributed by atoms with Crippen LogP contribution in [-0.4, -0.2) is 22.5 Å². The van der Waals surface area contributed by atoms with Crippen molar-refractivity contribution in [2.45, 2.75) is 40.5 Å². The van der Waals surface area contributed by atoms with E-state index >= 15 is 0 Å². The molecule has 4 heteroatoms. The maximum Gasteiger partial charge on any atom is 0.341 e. The van der Waals surface area contributed by atoms with Crippen LogP contribution in [0.4, 0.5) is 0 Å². The molecule has 0 unspecified atom stereocenters. The van der Waals surface area contributed by atoms with Crippen LogP contribution in [0.15, 0.2) is 6.20 Å². The molecule has 0 aliphatic carbocycles. The lowest BCUT2D eigenvalue weighted by molar-refractivity contribution is 0.0524. The smallest absolute Gasteiger partial charge is 0.341 e. The van der Waals surface area contributed by atoms with Gasteiger partial charge in [0.15, 0.2) is 0 Å². The molecule has 0 atom stereocenters. The summed E-state index contributed by atoms with van der Waals surface area (Å²) in [5, 5.41) is 0. The molecule has 0 saturated carbocycles. The Morgan fingerprint density at radius 1 is 1.41 bits per heavy atom. The van der Waals surface area contributed by atoms with Gasteiger partial charge in [-0.3, -0.25) is 0 Å². The number of aromatic nitrogens is 2. The number of hydrogen-bond acceptors (Lipinski definition) is 4. The van der Waals surface area contributed by atoms with Crippen LogP contribution in [-0.2, 0) is 17.6 Å². The van der Waals surface area contributed by atoms with E-state index in [-0.39, 0.29) is 5.97 Å². The monoisotopic (exact) mass is 236 g/mol. The average Bonchev–Trinajstić information content (AvgIpc) is 2.28. The van der Waals surface area contributed by atoms with Crippen molar-refractivity contribution in [1.82, 2.24) is 9.97 Å². The molecule has 1 aromatic rings. The summed E-state index contributed by atoms with van der Waals surface area (Å²) in [7, 11) is 0. The summed E-state index contributed by atoms with van der Waals surface area (Å²) < 4.78 is 4.97. The predicted octanol–water partition coefficient (Wildman–Crippen LogP) is 2.41. The van der Waals surface area contributed by atoms with Gasteiger partial charge in [-0.05, 0) is 19.3 Å². The zero-order valence-electron chi connectivity index (χ0n) is 11.0. The van der Waals surface area contributed by atoms with Crippen molar-refractivity contribution in [2.75, 3.05) is 6.61 Å². The Labute approximate surface area is 102 Å². The van der Waals surface area contributed by atoms with E-state index in [1.807, 2.05) is 6.92 Å². The molecule has 0 radical (unpaired) electrons. The highest BCUT2D eigenvalue weighted by Crippen LogP contribution is 2.10. The van der Waals surface area contributed by atoms with Gasteiger partial charge in [0.05, 0.1) is 17.9 Å². The SMILES string of the molecule is CCOC(=O)c1cnc(CC(C)C)nc1CC. The molecule has 0 aliphatic rings. The third-order valence-electron chi connectivity index (χ3n) is 2.34. The highest BCUT2D eigenvalue weighted by atomic mass is 16.5. The molecular formula is C13H20N2O2. The van der Waals surface area contributed by atoms with Crippen LogP contribution in [0, 0.1) is 5.92 Å². The zero-order chi connectivity index (χ0) is 12.8. The van der Waals surface area contributed by atoms with Crippen molar-refractivity contribution in [3.8, 4) is 0 Å². The topological polar surface area (TPSA) is 52.1 Å². The highest BCUT2D eigenvalue weighted by Gasteiger charge is 2.14. The van der Waals surface area contributed by atoms with Gasteiger partial charge in [0, 0.05) is 12.6 Å². The molecule has 0 spiro atoms. The minimum Gasteiger partial charge on any atom is -0.462 e. The molecule has 0 aromatic carbocycles. The fourth-order valence-corrected chi connectivity index (χ4v) is 1.57. The van der Waals surface area contributed by atoms with E-state index in [0.717, 1.165) is 17.9 Å². The Morgan fingerprint density at radius 3 is 2.65 bits per heavy atom. The fourth-order valence-electron chi connectivity index (χ4n) is 1.57. The van der Waals surface area contributed by atoms with Crippen LogP contribution in [0.2, 0.25) is 0 Å². The van der Waals surface area contributed by atoms with E-state index in [1.54, 1.807) is 13.1 Å². The second-order valence-electron chi connectivity index (χ2n) is 4.32. The number of ether oxygens (including phenoxy) is 1. The van der Waals surface area contributed by atoms with Crippen LogP contribution in [0.3, 0.4) is 0 Å². The Morgan fingerprint density at radius 2 is 2.12 bits per heavy atom. The zero-order valence-corrected chi connectivity index (χ0v) is 11.0. The molecule has 0 amide bonds. The molecule has 1 rings (SSSR count). The lowest BCUT2D eigenvalue weighted by Crippen LogP contribution is -2.12. The van der Waals surface area contributed by atoms with Gasteiger partial charge in [0.25, 0.3) is 0 Å². The van der Waals surface area contributed by atoms with Crippen LogP contribution in [0.5, 0.6) is 0 Å². The summed E-state index contributed by atoms with van der Waals surface area (Å²) >= 11 is 0. The number of aryl methyl sites for hydroxylation is 1. The van der Waals surface area contributed by atoms with Gasteiger partial charge in [-0.25, -0.2) is 14.8 Å². The maximum atomic E-state index is 11.7. The lowest BCUT2D eigenvalue weighted by atomic mass is 10.1. The summed E-state index contributed by atoms with van der Waals surface area (Å²) in [4.78, 5) is 20.3. The fraction of sp³-hybridized carbons (Fsp3) is 0.615. The van der Waals surface area contributed by atoms with Gasteiger partial charge in [0.2, 0.25) is 0 Å². The van der Waals surface area contributed by atoms with Gasteiger partial charge in [0.1, 0.15) is 5.82 Å². The summed E-state index contributed by atoms with van der Waals surface area (Å²) in [6, 6.07) is 0. The van der Waals surface area contributed by atoms with Gasteiger partial charge in [-0.1, -0.05) is 20.8 Å². The number of carbonyl (C=O) groups excluding carboxylic acids is 1. The second kappa shape index (κ2) is 6.33. The summed E-state index contributed by atoms with van der Waals surface area (Å²) in [6.45, 7) is 8.37. The summed E-state index contributed by atoms with van der Waals surface area (Å²) in [5.41, 5.74) is 1.26. The molecule has 17 heavy (non-hydrogen) atoms. The Hall–Kier alpha value is -1.45. The summed E-state index contributed by atoms with van der Waals surface area (Å²) in [6.07, 6.45) is 3.12. The van der Waals surface area contributed by atoms with Crippen LogP contribution >= 0.6 is 0 Å². The molecule has 0 bridgehead atoms. The van der Waals surface area contributed by atoms with E-state index in [9.17, 15) is 4.79 Å². The van der Waals surface area contributed by atoms with Gasteiger partial charge in [-0.2, -0.15) is 0 Å². The number of carbonyl (C=O) groups is 1. The Kier molecular flexibility index (Phi) is 5.07. The van der Waals surface area contributed by atoms with Gasteiger partial charge < -0.3 is 4.74 Å². The third-order valence-corrected chi connectivity index (χ3v) is 2.34. The van der Waals surface area contributed by atoms with Gasteiger partial charge in [-0.15, -0.1) is 0 Å². The molecule has 0 N–H and O–H groups in total. The first-order chi connectivity index (χ1) is 8.08. The molecule has 0 fully saturated rings. The highest BCUT2D eigenvalue weighted by molar-refractivity contribution is 5.90. The standard InChI is InChI=1S/C13H20N2O2/c1-5-11-10(13(16)17-6-2)8-14-12(15-11)7-9(3)4/h8-9H,5-7H2,1-4H3. The van der Waals surface area contributed by atoms with Gasteiger partial charge >= 0.3 is 5.97 Å². The van der Waals surface area contributed by atoms with E-state index in [2.05, 4.69) is 23.8 Å². The Bertz CT molecular complexity index is 389. The Balaban J connectivity index is 2.96. The largest absolute Gasteiger partial charge is 0.462 e. The van der Waals surface area contributed by atoms with Crippen molar-refractivity contribution in [1.29, 1.82) is 0 Å². The minimum atomic E-state index is -0.333. The normalized spacial score (nSPS) is 10.6. The molecule has 1 aromatic heterocycles. The van der Waals surface area contributed by atoms with Crippen molar-refractivity contribution in [3.05, 3.63) is 23.3 Å². The van der Waals surface area contributed by atoms with Crippen molar-refractivity contribution in [3.63, 3.8) is 0 Å². The number of hydrogen-bond donors (Lipinski definition) is 0. The van der Waals surface area contributed by atoms with Crippen LogP contribution in [0.1, 0.15) is 49.6 Å². The average molecular weight is 236 g/mol. The van der Waals surface area contributed by atoms with E-state index in [0.29, 0.717) is 24.5 Å². The first kappa shape index (κ1) is 13.6. The number of esters is 1. The minimum absolute atomic E-state index is 0.333. The predicted molar refractivity (Wildman–Crippen MR) is 65.9 cm³/mol. The molecule has 0 saturated heterocycles. The maximum absolute atomic E-state index is 11.7. The van der Waals surface area contributed by atoms with Crippen molar-refractivity contribution in [2.24, 2.45) is 5.92 Å². The first-order valence-electron chi connectivity index (χ1n) is 6.10. The van der Waals surface area contributed by atoms with E-state index in [4.69, 9.17) is 4.74 Å². The van der Waals surface area contributed by atoms with E-state index < -0.39 is 0 Å². The van der Waals surface area contributed by atoms with Crippen LogP contribution < -0.4 is 0 Å². The molecule has 4 nitrogen and oxygen atoms in total. The third kappa shape index (κ3) is 3.80. The molecule has 0 aliphatic heterocycles. The lowest BCUT2D eigenvalue weighted by Gasteiger charge is -2.09. The number of rotatable bonds is 5. The summed E-state index contributed by atoms with van der Waals surface area (Å²) in [5.74, 6) is 0.971. The van der Waals surface area contributed by atoms with Crippen LogP contribution in [0.25, 0.3) is 0 Å². The van der Waals surface area contributed by atoms with Crippen molar-refractivity contribution < 1.29 is 9.53 Å². The van der Waals surface area contributed by atoms with E-state index in [1.165, 1.54) is 0 Å². The molecule has 1 heterocycles. The first-order valence-corrected chi connectivity index (χ1v) is 6.10.